The van der Waals surface area contributed by atoms with Gasteiger partial charge in [-0.25, -0.2) is 0 Å². The van der Waals surface area contributed by atoms with Gasteiger partial charge in [0.05, 0.1) is 7.11 Å². The molecule has 0 aliphatic heterocycles. The number of benzene rings is 1. The Morgan fingerprint density at radius 2 is 2.21 bits per heavy atom. The zero-order chi connectivity index (χ0) is 9.71. The lowest BCUT2D eigenvalue weighted by Crippen LogP contribution is -2.25. The monoisotopic (exact) mass is 189 g/mol. The highest BCUT2D eigenvalue weighted by Gasteiger charge is 2.43. The molecule has 2 aliphatic rings. The molecule has 14 heavy (non-hydrogen) atoms. The van der Waals surface area contributed by atoms with Crippen molar-refractivity contribution in [3.8, 4) is 5.75 Å². The van der Waals surface area contributed by atoms with Gasteiger partial charge in [-0.15, -0.1) is 0 Å². The summed E-state index contributed by atoms with van der Waals surface area (Å²) < 4.78 is 5.40. The van der Waals surface area contributed by atoms with Gasteiger partial charge in [0.25, 0.3) is 0 Å². The molecule has 0 spiro atoms. The Bertz CT molecular complexity index is 375. The lowest BCUT2D eigenvalue weighted by atomic mass is 9.88. The van der Waals surface area contributed by atoms with Crippen molar-refractivity contribution >= 4 is 0 Å². The van der Waals surface area contributed by atoms with Gasteiger partial charge in [-0.1, -0.05) is 12.1 Å². The second kappa shape index (κ2) is 2.74. The SMILES string of the molecule is COc1cccc2c1C1CC2[C@H](N)C1. The van der Waals surface area contributed by atoms with Crippen LogP contribution in [0.15, 0.2) is 18.2 Å². The molecule has 2 N–H and O–H groups in total. The second-order valence-corrected chi connectivity index (χ2v) is 4.40. The third kappa shape index (κ3) is 0.894. The van der Waals surface area contributed by atoms with Crippen LogP contribution < -0.4 is 10.5 Å². The van der Waals surface area contributed by atoms with Gasteiger partial charge in [0.15, 0.2) is 0 Å². The molecule has 0 amide bonds. The summed E-state index contributed by atoms with van der Waals surface area (Å²) in [5.41, 5.74) is 8.96. The summed E-state index contributed by atoms with van der Waals surface area (Å²) in [6.45, 7) is 0. The molecule has 3 rings (SSSR count). The van der Waals surface area contributed by atoms with E-state index in [-0.39, 0.29) is 0 Å². The molecule has 0 saturated heterocycles. The van der Waals surface area contributed by atoms with Crippen LogP contribution in [0.1, 0.15) is 35.8 Å². The zero-order valence-electron chi connectivity index (χ0n) is 8.36. The predicted octanol–water partition coefficient (Wildman–Crippen LogP) is 2.00. The molecule has 2 aliphatic carbocycles. The highest BCUT2D eigenvalue weighted by Crippen LogP contribution is 2.55. The Labute approximate surface area is 84.1 Å². The van der Waals surface area contributed by atoms with Gasteiger partial charge >= 0.3 is 0 Å². The van der Waals surface area contributed by atoms with Crippen LogP contribution in [0.4, 0.5) is 0 Å². The van der Waals surface area contributed by atoms with Crippen LogP contribution in [-0.2, 0) is 0 Å². The summed E-state index contributed by atoms with van der Waals surface area (Å²) in [6, 6.07) is 6.72. The summed E-state index contributed by atoms with van der Waals surface area (Å²) in [6.07, 6.45) is 2.37. The van der Waals surface area contributed by atoms with Gasteiger partial charge in [0, 0.05) is 17.5 Å². The van der Waals surface area contributed by atoms with E-state index in [0.717, 1.165) is 12.2 Å². The number of methoxy groups -OCH3 is 1. The molecule has 1 fully saturated rings. The van der Waals surface area contributed by atoms with E-state index in [1.165, 1.54) is 17.5 Å². The van der Waals surface area contributed by atoms with Crippen molar-refractivity contribution in [3.63, 3.8) is 0 Å². The Kier molecular flexibility index (Phi) is 1.62. The van der Waals surface area contributed by atoms with Crippen molar-refractivity contribution in [2.75, 3.05) is 7.11 Å². The molecule has 0 heterocycles. The van der Waals surface area contributed by atoms with Gasteiger partial charge in [-0.2, -0.15) is 0 Å². The maximum atomic E-state index is 6.09. The molecule has 2 nitrogen and oxygen atoms in total. The third-order valence-corrected chi connectivity index (χ3v) is 3.74. The maximum absolute atomic E-state index is 6.09. The molecule has 2 heteroatoms. The first kappa shape index (κ1) is 8.30. The van der Waals surface area contributed by atoms with Crippen molar-refractivity contribution in [2.24, 2.45) is 5.73 Å². The van der Waals surface area contributed by atoms with Gasteiger partial charge in [0.1, 0.15) is 5.75 Å². The zero-order valence-corrected chi connectivity index (χ0v) is 8.36. The summed E-state index contributed by atoms with van der Waals surface area (Å²) in [5, 5.41) is 0. The average molecular weight is 189 g/mol. The van der Waals surface area contributed by atoms with Crippen molar-refractivity contribution in [1.29, 1.82) is 0 Å². The molecule has 2 unspecified atom stereocenters. The molecule has 3 atom stereocenters. The van der Waals surface area contributed by atoms with E-state index in [1.807, 2.05) is 0 Å². The highest BCUT2D eigenvalue weighted by molar-refractivity contribution is 5.51. The fourth-order valence-electron chi connectivity index (χ4n) is 3.16. The maximum Gasteiger partial charge on any atom is 0.122 e. The van der Waals surface area contributed by atoms with Crippen LogP contribution in [0, 0.1) is 0 Å². The van der Waals surface area contributed by atoms with Crippen molar-refractivity contribution in [1.82, 2.24) is 0 Å². The normalized spacial score (nSPS) is 33.1. The fraction of sp³-hybridized carbons (Fsp3) is 0.500. The molecule has 2 bridgehead atoms. The smallest absolute Gasteiger partial charge is 0.122 e. The van der Waals surface area contributed by atoms with Crippen LogP contribution in [0.5, 0.6) is 5.75 Å². The Morgan fingerprint density at radius 3 is 3.00 bits per heavy atom. The Balaban J connectivity index is 2.16. The van der Waals surface area contributed by atoms with E-state index in [4.69, 9.17) is 10.5 Å². The largest absolute Gasteiger partial charge is 0.496 e. The van der Waals surface area contributed by atoms with E-state index in [0.29, 0.717) is 17.9 Å². The first-order valence-corrected chi connectivity index (χ1v) is 5.23. The topological polar surface area (TPSA) is 35.2 Å². The summed E-state index contributed by atoms with van der Waals surface area (Å²) in [4.78, 5) is 0. The predicted molar refractivity (Wildman–Crippen MR) is 55.7 cm³/mol. The fourth-order valence-corrected chi connectivity index (χ4v) is 3.16. The van der Waals surface area contributed by atoms with Crippen LogP contribution in [0.2, 0.25) is 0 Å². The molecule has 0 radical (unpaired) electrons. The minimum Gasteiger partial charge on any atom is -0.496 e. The molecule has 74 valence electrons. The number of fused-ring (bicyclic) bond motifs is 5. The lowest BCUT2D eigenvalue weighted by Gasteiger charge is -2.22. The molecular weight excluding hydrogens is 174 g/mol. The van der Waals surface area contributed by atoms with Crippen molar-refractivity contribution < 1.29 is 4.74 Å². The number of rotatable bonds is 1. The molecule has 0 aromatic heterocycles. The Morgan fingerprint density at radius 1 is 1.36 bits per heavy atom. The van der Waals surface area contributed by atoms with Crippen LogP contribution >= 0.6 is 0 Å². The lowest BCUT2D eigenvalue weighted by molar-refractivity contribution is 0.404. The summed E-state index contributed by atoms with van der Waals surface area (Å²) >= 11 is 0. The van der Waals surface area contributed by atoms with Crippen molar-refractivity contribution in [3.05, 3.63) is 29.3 Å². The Hall–Kier alpha value is -1.02. The number of hydrogen-bond acceptors (Lipinski definition) is 2. The van der Waals surface area contributed by atoms with Gasteiger partial charge in [-0.05, 0) is 30.4 Å². The van der Waals surface area contributed by atoms with E-state index in [2.05, 4.69) is 18.2 Å². The summed E-state index contributed by atoms with van der Waals surface area (Å²) in [7, 11) is 1.75. The van der Waals surface area contributed by atoms with Crippen molar-refractivity contribution in [2.45, 2.75) is 30.7 Å². The van der Waals surface area contributed by atoms with Crippen LogP contribution in [-0.4, -0.2) is 13.2 Å². The molecule has 1 aromatic carbocycles. The van der Waals surface area contributed by atoms with Gasteiger partial charge in [-0.3, -0.25) is 0 Å². The highest BCUT2D eigenvalue weighted by atomic mass is 16.5. The minimum atomic E-state index is 0.375. The van der Waals surface area contributed by atoms with Gasteiger partial charge in [0.2, 0.25) is 0 Å². The number of nitrogens with two attached hydrogens (primary N) is 1. The van der Waals surface area contributed by atoms with Crippen LogP contribution in [0.3, 0.4) is 0 Å². The molecule has 1 aromatic rings. The van der Waals surface area contributed by atoms with E-state index in [9.17, 15) is 0 Å². The van der Waals surface area contributed by atoms with E-state index < -0.39 is 0 Å². The second-order valence-electron chi connectivity index (χ2n) is 4.40. The molecule has 1 saturated carbocycles. The van der Waals surface area contributed by atoms with E-state index in [1.54, 1.807) is 7.11 Å². The van der Waals surface area contributed by atoms with Crippen LogP contribution in [0.25, 0.3) is 0 Å². The van der Waals surface area contributed by atoms with E-state index >= 15 is 0 Å². The first-order chi connectivity index (χ1) is 6.81. The quantitative estimate of drug-likeness (QED) is 0.733. The third-order valence-electron chi connectivity index (χ3n) is 3.74. The summed E-state index contributed by atoms with van der Waals surface area (Å²) in [5.74, 6) is 2.30. The van der Waals surface area contributed by atoms with Gasteiger partial charge < -0.3 is 10.5 Å². The number of ether oxygens (including phenoxy) is 1. The molecular formula is C12H15NO. The number of hydrogen-bond donors (Lipinski definition) is 1. The average Bonchev–Trinajstić information content (AvgIpc) is 2.74. The standard InChI is InChI=1S/C12H15NO/c1-14-11-4-2-3-8-9-5-7(12(8)11)6-10(9)13/h2-4,7,9-10H,5-6,13H2,1H3/t7?,9?,10-/m1/s1. The first-order valence-electron chi connectivity index (χ1n) is 5.23. The minimum absolute atomic E-state index is 0.375.